The molecule has 2 heterocycles. The molecule has 10 nitrogen and oxygen atoms in total. The van der Waals surface area contributed by atoms with Crippen LogP contribution in [0.5, 0.6) is 0 Å². The van der Waals surface area contributed by atoms with Gasteiger partial charge in [0.1, 0.15) is 0 Å². The summed E-state index contributed by atoms with van der Waals surface area (Å²) in [5.74, 6) is -0.763. The van der Waals surface area contributed by atoms with Crippen LogP contribution >= 0.6 is 0 Å². The van der Waals surface area contributed by atoms with Crippen LogP contribution in [0, 0.1) is 0 Å². The van der Waals surface area contributed by atoms with Crippen molar-refractivity contribution in [2.45, 2.75) is 13.5 Å². The SMILES string of the molecule is CCOC(=O)c1nnnn1Cc1cc(=O)n(C)c(=O)n1C. The molecule has 2 aromatic rings. The summed E-state index contributed by atoms with van der Waals surface area (Å²) >= 11 is 0. The zero-order valence-corrected chi connectivity index (χ0v) is 11.8. The van der Waals surface area contributed by atoms with Crippen molar-refractivity contribution < 1.29 is 9.53 Å². The standard InChI is InChI=1S/C11H14N6O4/c1-4-21-10(19)9-12-13-14-17(9)6-7-5-8(18)16(3)11(20)15(7)2/h5H,4,6H2,1-3H3. The number of hydrogen-bond donors (Lipinski definition) is 0. The van der Waals surface area contributed by atoms with Crippen LogP contribution in [0.2, 0.25) is 0 Å². The molecule has 0 fully saturated rings. The second kappa shape index (κ2) is 5.69. The third-order valence-electron chi connectivity index (χ3n) is 2.93. The predicted octanol–water partition coefficient (Wildman–Crippen LogP) is -1.70. The second-order valence-electron chi connectivity index (χ2n) is 4.26. The molecule has 112 valence electrons. The first kappa shape index (κ1) is 14.6. The first-order chi connectivity index (χ1) is 9.95. The fourth-order valence-electron chi connectivity index (χ4n) is 1.74. The van der Waals surface area contributed by atoms with E-state index >= 15 is 0 Å². The van der Waals surface area contributed by atoms with Crippen LogP contribution in [0.15, 0.2) is 15.7 Å². The normalized spacial score (nSPS) is 10.6. The second-order valence-corrected chi connectivity index (χ2v) is 4.26. The molecule has 0 N–H and O–H groups in total. The molecule has 0 saturated carbocycles. The number of hydrogen-bond acceptors (Lipinski definition) is 7. The van der Waals surface area contributed by atoms with Crippen molar-refractivity contribution in [1.82, 2.24) is 29.3 Å². The third-order valence-corrected chi connectivity index (χ3v) is 2.93. The highest BCUT2D eigenvalue weighted by molar-refractivity contribution is 5.85. The zero-order valence-electron chi connectivity index (χ0n) is 11.8. The summed E-state index contributed by atoms with van der Waals surface area (Å²) in [7, 11) is 2.90. The molecule has 0 aliphatic carbocycles. The van der Waals surface area contributed by atoms with Crippen LogP contribution in [0.25, 0.3) is 0 Å². The van der Waals surface area contributed by atoms with Crippen LogP contribution in [-0.2, 0) is 25.4 Å². The summed E-state index contributed by atoms with van der Waals surface area (Å²) in [6, 6.07) is 1.29. The molecule has 21 heavy (non-hydrogen) atoms. The van der Waals surface area contributed by atoms with E-state index in [1.54, 1.807) is 6.92 Å². The van der Waals surface area contributed by atoms with E-state index in [1.165, 1.54) is 29.4 Å². The van der Waals surface area contributed by atoms with Gasteiger partial charge in [0.2, 0.25) is 0 Å². The molecule has 0 aliphatic heterocycles. The Bertz CT molecular complexity index is 787. The van der Waals surface area contributed by atoms with Gasteiger partial charge in [-0.05, 0) is 17.4 Å². The van der Waals surface area contributed by atoms with Gasteiger partial charge in [-0.1, -0.05) is 0 Å². The smallest absolute Gasteiger partial charge is 0.378 e. The van der Waals surface area contributed by atoms with E-state index in [-0.39, 0.29) is 19.0 Å². The average molecular weight is 294 g/mol. The van der Waals surface area contributed by atoms with Crippen molar-refractivity contribution in [3.05, 3.63) is 38.4 Å². The van der Waals surface area contributed by atoms with Gasteiger partial charge in [-0.3, -0.25) is 13.9 Å². The summed E-state index contributed by atoms with van der Waals surface area (Å²) in [6.07, 6.45) is 0. The molecule has 0 saturated heterocycles. The minimum Gasteiger partial charge on any atom is -0.460 e. The van der Waals surface area contributed by atoms with Crippen molar-refractivity contribution >= 4 is 5.97 Å². The molecule has 10 heteroatoms. The highest BCUT2D eigenvalue weighted by Gasteiger charge is 2.18. The topological polar surface area (TPSA) is 114 Å². The van der Waals surface area contributed by atoms with Gasteiger partial charge in [0.15, 0.2) is 0 Å². The van der Waals surface area contributed by atoms with Crippen LogP contribution < -0.4 is 11.2 Å². The lowest BCUT2D eigenvalue weighted by atomic mass is 10.4. The molecule has 0 unspecified atom stereocenters. The summed E-state index contributed by atoms with van der Waals surface area (Å²) in [5.41, 5.74) is -0.539. The first-order valence-corrected chi connectivity index (χ1v) is 6.15. The number of nitrogens with zero attached hydrogens (tertiary/aromatic N) is 6. The van der Waals surface area contributed by atoms with E-state index in [0.29, 0.717) is 5.69 Å². The Morgan fingerprint density at radius 2 is 2.00 bits per heavy atom. The highest BCUT2D eigenvalue weighted by Crippen LogP contribution is 2.00. The summed E-state index contributed by atoms with van der Waals surface area (Å²) in [5, 5.41) is 10.7. The maximum absolute atomic E-state index is 11.8. The number of carbonyl (C=O) groups excluding carboxylic acids is 1. The van der Waals surface area contributed by atoms with Crippen molar-refractivity contribution in [2.24, 2.45) is 14.1 Å². The van der Waals surface area contributed by atoms with E-state index in [1.807, 2.05) is 0 Å². The lowest BCUT2D eigenvalue weighted by molar-refractivity contribution is 0.0505. The molecule has 0 aliphatic rings. The minimum atomic E-state index is -0.670. The largest absolute Gasteiger partial charge is 0.460 e. The van der Waals surface area contributed by atoms with Crippen LogP contribution in [0.1, 0.15) is 23.2 Å². The Morgan fingerprint density at radius 1 is 1.29 bits per heavy atom. The molecular weight excluding hydrogens is 280 g/mol. The maximum Gasteiger partial charge on any atom is 0.378 e. The van der Waals surface area contributed by atoms with Gasteiger partial charge < -0.3 is 4.74 Å². The van der Waals surface area contributed by atoms with Crippen molar-refractivity contribution in [1.29, 1.82) is 0 Å². The number of tetrazole rings is 1. The van der Waals surface area contributed by atoms with Crippen LogP contribution in [0.4, 0.5) is 0 Å². The van der Waals surface area contributed by atoms with E-state index in [2.05, 4.69) is 15.5 Å². The number of aromatic nitrogens is 6. The Balaban J connectivity index is 2.41. The van der Waals surface area contributed by atoms with Crippen molar-refractivity contribution in [2.75, 3.05) is 6.61 Å². The number of carbonyl (C=O) groups is 1. The average Bonchev–Trinajstić information content (AvgIpc) is 2.91. The molecular formula is C11H14N6O4. The monoisotopic (exact) mass is 294 g/mol. The number of rotatable bonds is 4. The molecule has 0 spiro atoms. The third kappa shape index (κ3) is 2.73. The fraction of sp³-hybridized carbons (Fsp3) is 0.455. The van der Waals surface area contributed by atoms with Gasteiger partial charge in [-0.25, -0.2) is 14.3 Å². The number of ether oxygens (including phenoxy) is 1. The van der Waals surface area contributed by atoms with Gasteiger partial charge >= 0.3 is 11.7 Å². The van der Waals surface area contributed by atoms with Gasteiger partial charge in [-0.2, -0.15) is 0 Å². The Hall–Kier alpha value is -2.78. The van der Waals surface area contributed by atoms with E-state index in [4.69, 9.17) is 4.74 Å². The summed E-state index contributed by atoms with van der Waals surface area (Å²) in [4.78, 5) is 35.2. The van der Waals surface area contributed by atoms with Gasteiger partial charge in [0, 0.05) is 25.9 Å². The fourth-order valence-corrected chi connectivity index (χ4v) is 1.74. The predicted molar refractivity (Wildman–Crippen MR) is 69.8 cm³/mol. The molecule has 0 bridgehead atoms. The Kier molecular flexibility index (Phi) is 3.96. The van der Waals surface area contributed by atoms with Crippen molar-refractivity contribution in [3.63, 3.8) is 0 Å². The summed E-state index contributed by atoms with van der Waals surface area (Å²) in [6.45, 7) is 1.86. The minimum absolute atomic E-state index is 0.00294. The lowest BCUT2D eigenvalue weighted by Crippen LogP contribution is -2.38. The highest BCUT2D eigenvalue weighted by atomic mass is 16.5. The quantitative estimate of drug-likeness (QED) is 0.617. The number of esters is 1. The Labute approximate surface area is 118 Å². The molecule has 0 aromatic carbocycles. The van der Waals surface area contributed by atoms with E-state index in [0.717, 1.165) is 4.57 Å². The van der Waals surface area contributed by atoms with Gasteiger partial charge in [-0.15, -0.1) is 5.10 Å². The van der Waals surface area contributed by atoms with E-state index < -0.39 is 17.2 Å². The lowest BCUT2D eigenvalue weighted by Gasteiger charge is -2.09. The van der Waals surface area contributed by atoms with E-state index in [9.17, 15) is 14.4 Å². The molecule has 0 amide bonds. The molecule has 0 atom stereocenters. The maximum atomic E-state index is 11.8. The van der Waals surface area contributed by atoms with Gasteiger partial charge in [0.25, 0.3) is 11.4 Å². The molecule has 2 rings (SSSR count). The van der Waals surface area contributed by atoms with Crippen LogP contribution in [-0.4, -0.2) is 41.9 Å². The van der Waals surface area contributed by atoms with Crippen molar-refractivity contribution in [3.8, 4) is 0 Å². The zero-order chi connectivity index (χ0) is 15.6. The molecule has 0 radical (unpaired) electrons. The summed E-state index contributed by atoms with van der Waals surface area (Å²) < 4.78 is 8.27. The first-order valence-electron chi connectivity index (χ1n) is 6.15. The van der Waals surface area contributed by atoms with Crippen LogP contribution in [0.3, 0.4) is 0 Å². The Morgan fingerprint density at radius 3 is 2.67 bits per heavy atom. The molecule has 2 aromatic heterocycles. The van der Waals surface area contributed by atoms with Gasteiger partial charge in [0.05, 0.1) is 13.2 Å².